The average Bonchev–Trinajstić information content (AvgIpc) is 3.17. The number of aromatic carboxylic acids is 1. The normalized spacial score (nSPS) is 15.0. The van der Waals surface area contributed by atoms with Crippen molar-refractivity contribution in [2.45, 2.75) is 12.3 Å². The predicted molar refractivity (Wildman–Crippen MR) is 120 cm³/mol. The Kier molecular flexibility index (Phi) is 5.77. The van der Waals surface area contributed by atoms with E-state index in [2.05, 4.69) is 11.9 Å². The van der Waals surface area contributed by atoms with E-state index in [1.807, 2.05) is 42.5 Å². The number of ether oxygens (including phenoxy) is 2. The van der Waals surface area contributed by atoms with Gasteiger partial charge in [0.25, 0.3) is 0 Å². The Morgan fingerprint density at radius 3 is 2.71 bits per heavy atom. The molecule has 2 N–H and O–H groups in total. The molecule has 6 nitrogen and oxygen atoms in total. The minimum Gasteiger partial charge on any atom is -0.493 e. The highest BCUT2D eigenvalue weighted by Gasteiger charge is 2.34. The molecule has 0 saturated heterocycles. The quantitative estimate of drug-likeness (QED) is 0.501. The van der Waals surface area contributed by atoms with E-state index in [4.69, 9.17) is 9.47 Å². The van der Waals surface area contributed by atoms with Gasteiger partial charge in [0, 0.05) is 22.8 Å². The number of hydrogen-bond donors (Lipinski definition) is 2. The zero-order valence-corrected chi connectivity index (χ0v) is 17.7. The highest BCUT2D eigenvalue weighted by Crippen LogP contribution is 2.50. The number of carbonyl (C=O) groups is 2. The van der Waals surface area contributed by atoms with Crippen molar-refractivity contribution in [2.24, 2.45) is 0 Å². The van der Waals surface area contributed by atoms with Crippen molar-refractivity contribution in [3.8, 4) is 22.6 Å². The van der Waals surface area contributed by atoms with Crippen LogP contribution in [-0.2, 0) is 4.79 Å². The molecule has 0 fully saturated rings. The number of fused-ring (bicyclic) bond motifs is 1. The van der Waals surface area contributed by atoms with Crippen LogP contribution in [-0.4, -0.2) is 30.7 Å². The molecule has 31 heavy (non-hydrogen) atoms. The van der Waals surface area contributed by atoms with E-state index in [9.17, 15) is 14.7 Å². The Balaban J connectivity index is 1.86. The lowest BCUT2D eigenvalue weighted by atomic mass is 9.88. The van der Waals surface area contributed by atoms with Gasteiger partial charge in [-0.15, -0.1) is 11.3 Å². The molecule has 1 aliphatic heterocycles. The molecule has 1 amide bonds. The van der Waals surface area contributed by atoms with Gasteiger partial charge in [0.1, 0.15) is 11.5 Å². The Labute approximate surface area is 183 Å². The predicted octanol–water partition coefficient (Wildman–Crippen LogP) is 5.16. The fourth-order valence-corrected chi connectivity index (χ4v) is 5.00. The third-order valence-electron chi connectivity index (χ3n) is 5.11. The van der Waals surface area contributed by atoms with E-state index >= 15 is 0 Å². The van der Waals surface area contributed by atoms with Gasteiger partial charge < -0.3 is 19.9 Å². The van der Waals surface area contributed by atoms with E-state index < -0.39 is 5.97 Å². The van der Waals surface area contributed by atoms with Crippen LogP contribution in [0.15, 0.2) is 61.2 Å². The summed E-state index contributed by atoms with van der Waals surface area (Å²) in [5.41, 5.74) is 2.72. The maximum absolute atomic E-state index is 12.6. The van der Waals surface area contributed by atoms with Gasteiger partial charge in [-0.3, -0.25) is 4.79 Å². The van der Waals surface area contributed by atoms with Crippen LogP contribution < -0.4 is 14.8 Å². The first-order valence-corrected chi connectivity index (χ1v) is 10.5. The fourth-order valence-electron chi connectivity index (χ4n) is 3.76. The molecule has 1 atom stereocenters. The number of carboxylic acids is 1. The van der Waals surface area contributed by atoms with Crippen LogP contribution in [0.5, 0.6) is 11.5 Å². The molecule has 2 heterocycles. The molecule has 0 spiro atoms. The second kappa shape index (κ2) is 8.65. The van der Waals surface area contributed by atoms with Crippen molar-refractivity contribution < 1.29 is 24.2 Å². The molecule has 158 valence electrons. The maximum atomic E-state index is 12.6. The number of nitrogens with one attached hydrogen (secondary N) is 1. The summed E-state index contributed by atoms with van der Waals surface area (Å²) in [6, 6.07) is 14.8. The standard InChI is InChI=1S/C24H21NO5S/c1-3-11-30-18-12-15(9-10-17(18)29-2)16-13-19(26)25-21-20(14-7-5-4-6-8-14)23(24(27)28)31-22(16)21/h3-10,12,16H,1,11,13H2,2H3,(H,25,26)(H,27,28)/t16-/m1/s1. The fraction of sp³-hybridized carbons (Fsp3) is 0.167. The third kappa shape index (κ3) is 3.92. The summed E-state index contributed by atoms with van der Waals surface area (Å²) in [6.45, 7) is 3.98. The summed E-state index contributed by atoms with van der Waals surface area (Å²) in [4.78, 5) is 25.7. The molecule has 1 aliphatic rings. The highest BCUT2D eigenvalue weighted by molar-refractivity contribution is 7.15. The number of anilines is 1. The molecule has 0 bridgehead atoms. The van der Waals surface area contributed by atoms with Crippen LogP contribution in [0.1, 0.15) is 32.5 Å². The van der Waals surface area contributed by atoms with E-state index in [-0.39, 0.29) is 23.1 Å². The number of benzene rings is 2. The number of hydrogen-bond acceptors (Lipinski definition) is 5. The van der Waals surface area contributed by atoms with Crippen molar-refractivity contribution in [3.05, 3.63) is 76.5 Å². The molecule has 0 unspecified atom stereocenters. The molecule has 2 aromatic carbocycles. The molecule has 3 aromatic rings. The van der Waals surface area contributed by atoms with E-state index in [1.54, 1.807) is 19.3 Å². The van der Waals surface area contributed by atoms with Gasteiger partial charge >= 0.3 is 5.97 Å². The number of thiophene rings is 1. The number of rotatable bonds is 7. The van der Waals surface area contributed by atoms with E-state index in [1.165, 1.54) is 11.3 Å². The van der Waals surface area contributed by atoms with Crippen LogP contribution in [0.2, 0.25) is 0 Å². The molecule has 1 aromatic heterocycles. The van der Waals surface area contributed by atoms with Crippen LogP contribution in [0.4, 0.5) is 5.69 Å². The summed E-state index contributed by atoms with van der Waals surface area (Å²) >= 11 is 1.20. The van der Waals surface area contributed by atoms with Crippen LogP contribution in [0.3, 0.4) is 0 Å². The van der Waals surface area contributed by atoms with Crippen LogP contribution >= 0.6 is 11.3 Å². The van der Waals surface area contributed by atoms with Gasteiger partial charge in [0.05, 0.1) is 12.8 Å². The Morgan fingerprint density at radius 2 is 2.03 bits per heavy atom. The second-order valence-corrected chi connectivity index (χ2v) is 8.08. The molecular weight excluding hydrogens is 414 g/mol. The van der Waals surface area contributed by atoms with Gasteiger partial charge in [-0.2, -0.15) is 0 Å². The first kappa shape index (κ1) is 20.7. The van der Waals surface area contributed by atoms with Crippen molar-refractivity contribution in [1.82, 2.24) is 0 Å². The Hall–Kier alpha value is -3.58. The van der Waals surface area contributed by atoms with E-state index in [0.717, 1.165) is 16.0 Å². The lowest BCUT2D eigenvalue weighted by Crippen LogP contribution is -2.22. The van der Waals surface area contributed by atoms with Crippen molar-refractivity contribution in [1.29, 1.82) is 0 Å². The second-order valence-electron chi connectivity index (χ2n) is 7.03. The van der Waals surface area contributed by atoms with Gasteiger partial charge in [-0.25, -0.2) is 4.79 Å². The lowest BCUT2D eigenvalue weighted by Gasteiger charge is -2.24. The molecule has 7 heteroatoms. The smallest absolute Gasteiger partial charge is 0.346 e. The number of carboxylic acid groups (broad SMARTS) is 1. The third-order valence-corrected chi connectivity index (χ3v) is 6.40. The molecule has 0 radical (unpaired) electrons. The largest absolute Gasteiger partial charge is 0.493 e. The zero-order valence-electron chi connectivity index (χ0n) is 16.9. The van der Waals surface area contributed by atoms with Gasteiger partial charge in [0.15, 0.2) is 11.5 Å². The zero-order chi connectivity index (χ0) is 22.0. The van der Waals surface area contributed by atoms with Crippen molar-refractivity contribution >= 4 is 28.9 Å². The topological polar surface area (TPSA) is 84.9 Å². The van der Waals surface area contributed by atoms with Crippen molar-refractivity contribution in [2.75, 3.05) is 19.0 Å². The van der Waals surface area contributed by atoms with Crippen LogP contribution in [0.25, 0.3) is 11.1 Å². The summed E-state index contributed by atoms with van der Waals surface area (Å²) < 4.78 is 11.1. The molecular formula is C24H21NO5S. The lowest BCUT2D eigenvalue weighted by molar-refractivity contribution is -0.116. The first-order valence-electron chi connectivity index (χ1n) is 9.70. The summed E-state index contributed by atoms with van der Waals surface area (Å²) in [6.07, 6.45) is 1.86. The number of amides is 1. The molecule has 4 rings (SSSR count). The SMILES string of the molecule is C=CCOc1cc([C@H]2CC(=O)Nc3c2sc(C(=O)O)c3-c2ccccc2)ccc1OC. The minimum absolute atomic E-state index is 0.159. The van der Waals surface area contributed by atoms with Crippen LogP contribution in [0, 0.1) is 0 Å². The number of methoxy groups -OCH3 is 1. The summed E-state index contributed by atoms with van der Waals surface area (Å²) in [5.74, 6) is -0.342. The summed E-state index contributed by atoms with van der Waals surface area (Å²) in [7, 11) is 1.56. The Bertz CT molecular complexity index is 1150. The average molecular weight is 436 g/mol. The summed E-state index contributed by atoms with van der Waals surface area (Å²) in [5, 5.41) is 12.8. The maximum Gasteiger partial charge on any atom is 0.346 e. The van der Waals surface area contributed by atoms with Gasteiger partial charge in [-0.05, 0) is 23.3 Å². The first-order chi connectivity index (χ1) is 15.0. The van der Waals surface area contributed by atoms with Gasteiger partial charge in [-0.1, -0.05) is 49.1 Å². The van der Waals surface area contributed by atoms with Gasteiger partial charge in [0.2, 0.25) is 5.91 Å². The highest BCUT2D eigenvalue weighted by atomic mass is 32.1. The number of carbonyl (C=O) groups excluding carboxylic acids is 1. The van der Waals surface area contributed by atoms with Crippen molar-refractivity contribution in [3.63, 3.8) is 0 Å². The molecule has 0 saturated carbocycles. The Morgan fingerprint density at radius 1 is 1.26 bits per heavy atom. The monoisotopic (exact) mass is 435 g/mol. The minimum atomic E-state index is -1.02. The van der Waals surface area contributed by atoms with E-state index in [0.29, 0.717) is 29.4 Å². The molecule has 0 aliphatic carbocycles.